The predicted octanol–water partition coefficient (Wildman–Crippen LogP) is 3.77. The number of imidazole rings is 1. The molecular formula is C16H21FN2O. The highest BCUT2D eigenvalue weighted by Crippen LogP contribution is 2.26. The Morgan fingerprint density at radius 3 is 2.60 bits per heavy atom. The fourth-order valence-electron chi connectivity index (χ4n) is 2.47. The van der Waals surface area contributed by atoms with Crippen LogP contribution >= 0.6 is 0 Å². The molecule has 1 aromatic carbocycles. The quantitative estimate of drug-likeness (QED) is 0.803. The zero-order valence-electron chi connectivity index (χ0n) is 12.2. The van der Waals surface area contributed by atoms with Crippen LogP contribution in [0.1, 0.15) is 43.5 Å². The molecule has 4 heteroatoms. The van der Waals surface area contributed by atoms with Gasteiger partial charge < -0.3 is 9.30 Å². The third-order valence-corrected chi connectivity index (χ3v) is 3.74. The summed E-state index contributed by atoms with van der Waals surface area (Å²) in [6.07, 6.45) is 4.73. The molecule has 2 aromatic rings. The number of aromatic nitrogens is 2. The molecule has 0 amide bonds. The van der Waals surface area contributed by atoms with Crippen LogP contribution in [0.15, 0.2) is 36.8 Å². The molecule has 0 N–H and O–H groups in total. The summed E-state index contributed by atoms with van der Waals surface area (Å²) in [6.45, 7) is 4.92. The average Bonchev–Trinajstić information content (AvgIpc) is 2.94. The van der Waals surface area contributed by atoms with Crippen LogP contribution in [0.5, 0.6) is 0 Å². The number of nitrogens with zero attached hydrogens (tertiary/aromatic N) is 2. The lowest BCUT2D eigenvalue weighted by Gasteiger charge is -2.21. The van der Waals surface area contributed by atoms with Crippen LogP contribution in [-0.4, -0.2) is 23.3 Å². The van der Waals surface area contributed by atoms with Gasteiger partial charge in [0.2, 0.25) is 0 Å². The van der Waals surface area contributed by atoms with E-state index in [1.165, 1.54) is 12.1 Å². The van der Waals surface area contributed by atoms with E-state index in [1.807, 2.05) is 24.7 Å². The van der Waals surface area contributed by atoms with Crippen LogP contribution in [-0.2, 0) is 4.74 Å². The lowest BCUT2D eigenvalue weighted by Crippen LogP contribution is -2.15. The van der Waals surface area contributed by atoms with Gasteiger partial charge in [-0.25, -0.2) is 9.37 Å². The Kier molecular flexibility index (Phi) is 4.90. The van der Waals surface area contributed by atoms with Crippen molar-refractivity contribution in [1.82, 2.24) is 9.55 Å². The Hall–Kier alpha value is -1.68. The Morgan fingerprint density at radius 2 is 2.00 bits per heavy atom. The molecule has 1 aromatic heterocycles. The normalized spacial score (nSPS) is 14.2. The van der Waals surface area contributed by atoms with Crippen LogP contribution in [0.2, 0.25) is 0 Å². The summed E-state index contributed by atoms with van der Waals surface area (Å²) in [5, 5.41) is 0. The van der Waals surface area contributed by atoms with E-state index in [1.54, 1.807) is 7.11 Å². The van der Waals surface area contributed by atoms with Gasteiger partial charge in [-0.2, -0.15) is 0 Å². The third-order valence-electron chi connectivity index (χ3n) is 3.74. The molecule has 108 valence electrons. The van der Waals surface area contributed by atoms with Crippen LogP contribution in [0, 0.1) is 5.82 Å². The second-order valence-electron chi connectivity index (χ2n) is 5.01. The molecule has 0 saturated heterocycles. The zero-order valence-corrected chi connectivity index (χ0v) is 12.2. The van der Waals surface area contributed by atoms with Gasteiger partial charge in [0.1, 0.15) is 5.82 Å². The van der Waals surface area contributed by atoms with Crippen molar-refractivity contribution < 1.29 is 9.13 Å². The van der Waals surface area contributed by atoms with E-state index >= 15 is 0 Å². The fraction of sp³-hybridized carbons (Fsp3) is 0.438. The smallest absolute Gasteiger partial charge is 0.123 e. The molecule has 3 nitrogen and oxygen atoms in total. The van der Waals surface area contributed by atoms with Gasteiger partial charge >= 0.3 is 0 Å². The standard InChI is InChI=1S/C16H21FN2O/c1-4-13(10-20-3)16-9-18-11-19(16)12(2)14-5-7-15(17)8-6-14/h5-9,11-13H,4,10H2,1-3H3. The minimum Gasteiger partial charge on any atom is -0.384 e. The van der Waals surface area contributed by atoms with Gasteiger partial charge in [-0.15, -0.1) is 0 Å². The number of hydrogen-bond acceptors (Lipinski definition) is 2. The summed E-state index contributed by atoms with van der Waals surface area (Å²) in [5.41, 5.74) is 2.23. The first kappa shape index (κ1) is 14.7. The Bertz CT molecular complexity index is 536. The number of rotatable bonds is 6. The van der Waals surface area contributed by atoms with Crippen molar-refractivity contribution in [2.75, 3.05) is 13.7 Å². The van der Waals surface area contributed by atoms with Gasteiger partial charge in [0, 0.05) is 24.9 Å². The van der Waals surface area contributed by atoms with E-state index in [0.717, 1.165) is 17.7 Å². The molecule has 2 rings (SSSR count). The van der Waals surface area contributed by atoms with E-state index < -0.39 is 0 Å². The first-order valence-electron chi connectivity index (χ1n) is 6.93. The number of hydrogen-bond donors (Lipinski definition) is 0. The monoisotopic (exact) mass is 276 g/mol. The van der Waals surface area contributed by atoms with Gasteiger partial charge in [-0.1, -0.05) is 19.1 Å². The Morgan fingerprint density at radius 1 is 1.30 bits per heavy atom. The largest absolute Gasteiger partial charge is 0.384 e. The molecule has 2 unspecified atom stereocenters. The lowest BCUT2D eigenvalue weighted by molar-refractivity contribution is 0.174. The highest BCUT2D eigenvalue weighted by atomic mass is 19.1. The van der Waals surface area contributed by atoms with Crippen molar-refractivity contribution in [3.63, 3.8) is 0 Å². The molecule has 0 spiro atoms. The first-order chi connectivity index (χ1) is 9.67. The van der Waals surface area contributed by atoms with Crippen molar-refractivity contribution in [1.29, 1.82) is 0 Å². The van der Waals surface area contributed by atoms with E-state index in [2.05, 4.69) is 23.4 Å². The average molecular weight is 276 g/mol. The highest BCUT2D eigenvalue weighted by molar-refractivity contribution is 5.22. The number of methoxy groups -OCH3 is 1. The van der Waals surface area contributed by atoms with E-state index in [-0.39, 0.29) is 11.9 Å². The van der Waals surface area contributed by atoms with Crippen LogP contribution in [0.4, 0.5) is 4.39 Å². The highest BCUT2D eigenvalue weighted by Gasteiger charge is 2.18. The molecule has 1 heterocycles. The second-order valence-corrected chi connectivity index (χ2v) is 5.01. The van der Waals surface area contributed by atoms with Gasteiger partial charge in [-0.05, 0) is 31.0 Å². The number of ether oxygens (including phenoxy) is 1. The van der Waals surface area contributed by atoms with Gasteiger partial charge in [0.05, 0.1) is 19.0 Å². The minimum absolute atomic E-state index is 0.124. The summed E-state index contributed by atoms with van der Waals surface area (Å²) in [5.74, 6) is 0.114. The third kappa shape index (κ3) is 3.07. The molecular weight excluding hydrogens is 255 g/mol. The summed E-state index contributed by atoms with van der Waals surface area (Å²) in [7, 11) is 1.72. The molecule has 0 fully saturated rings. The first-order valence-corrected chi connectivity index (χ1v) is 6.93. The van der Waals surface area contributed by atoms with Gasteiger partial charge in [0.25, 0.3) is 0 Å². The van der Waals surface area contributed by atoms with Crippen molar-refractivity contribution in [2.24, 2.45) is 0 Å². The van der Waals surface area contributed by atoms with Crippen molar-refractivity contribution >= 4 is 0 Å². The summed E-state index contributed by atoms with van der Waals surface area (Å²) in [6, 6.07) is 6.75. The van der Waals surface area contributed by atoms with Crippen molar-refractivity contribution in [2.45, 2.75) is 32.2 Å². The Balaban J connectivity index is 2.28. The molecule has 0 aliphatic heterocycles. The molecule has 20 heavy (non-hydrogen) atoms. The van der Waals surface area contributed by atoms with Crippen LogP contribution in [0.25, 0.3) is 0 Å². The minimum atomic E-state index is -0.211. The van der Waals surface area contributed by atoms with Gasteiger partial charge in [-0.3, -0.25) is 0 Å². The summed E-state index contributed by atoms with van der Waals surface area (Å²) in [4.78, 5) is 4.27. The summed E-state index contributed by atoms with van der Waals surface area (Å²) < 4.78 is 20.4. The maximum atomic E-state index is 13.0. The maximum absolute atomic E-state index is 13.0. The molecule has 0 radical (unpaired) electrons. The number of halogens is 1. The molecule has 0 saturated carbocycles. The van der Waals surface area contributed by atoms with Crippen LogP contribution < -0.4 is 0 Å². The van der Waals surface area contributed by atoms with E-state index in [9.17, 15) is 4.39 Å². The van der Waals surface area contributed by atoms with Crippen molar-refractivity contribution in [3.05, 3.63) is 53.9 Å². The second kappa shape index (κ2) is 6.66. The van der Waals surface area contributed by atoms with Gasteiger partial charge in [0.15, 0.2) is 0 Å². The number of benzene rings is 1. The van der Waals surface area contributed by atoms with E-state index in [4.69, 9.17) is 4.74 Å². The maximum Gasteiger partial charge on any atom is 0.123 e. The molecule has 0 bridgehead atoms. The Labute approximate surface area is 119 Å². The van der Waals surface area contributed by atoms with Crippen LogP contribution in [0.3, 0.4) is 0 Å². The summed E-state index contributed by atoms with van der Waals surface area (Å²) >= 11 is 0. The lowest BCUT2D eigenvalue weighted by atomic mass is 10.0. The molecule has 0 aliphatic rings. The SMILES string of the molecule is CCC(COC)c1cncn1C(C)c1ccc(F)cc1. The molecule has 2 atom stereocenters. The zero-order chi connectivity index (χ0) is 14.5. The fourth-order valence-corrected chi connectivity index (χ4v) is 2.47. The van der Waals surface area contributed by atoms with E-state index in [0.29, 0.717) is 12.5 Å². The van der Waals surface area contributed by atoms with Crippen molar-refractivity contribution in [3.8, 4) is 0 Å². The topological polar surface area (TPSA) is 27.1 Å². The molecule has 0 aliphatic carbocycles. The predicted molar refractivity (Wildman–Crippen MR) is 77.3 cm³/mol.